The molecular weight excluding hydrogens is 256 g/mol. The lowest BCUT2D eigenvalue weighted by Crippen LogP contribution is -1.92. The lowest BCUT2D eigenvalue weighted by Gasteiger charge is -2.08. The molecule has 0 spiro atoms. The number of hydrogen-bond donors (Lipinski definition) is 2. The first-order valence-corrected chi connectivity index (χ1v) is 7.17. The van der Waals surface area contributed by atoms with Crippen molar-refractivity contribution in [3.8, 4) is 0 Å². The molecule has 2 heteroatoms. The summed E-state index contributed by atoms with van der Waals surface area (Å²) in [7, 11) is 0. The molecule has 0 atom stereocenters. The molecule has 0 saturated heterocycles. The molecule has 0 fully saturated rings. The van der Waals surface area contributed by atoms with Crippen molar-refractivity contribution in [2.24, 2.45) is 0 Å². The summed E-state index contributed by atoms with van der Waals surface area (Å²) >= 11 is 8.78. The van der Waals surface area contributed by atoms with Crippen LogP contribution in [0.4, 0.5) is 0 Å². The van der Waals surface area contributed by atoms with Crippen LogP contribution in [0.25, 0.3) is 12.2 Å². The van der Waals surface area contributed by atoms with Crippen LogP contribution in [-0.4, -0.2) is 0 Å². The van der Waals surface area contributed by atoms with E-state index >= 15 is 0 Å². The van der Waals surface area contributed by atoms with Crippen molar-refractivity contribution >= 4 is 37.4 Å². The van der Waals surface area contributed by atoms with E-state index in [1.54, 1.807) is 0 Å². The monoisotopic (exact) mass is 272 g/mol. The summed E-state index contributed by atoms with van der Waals surface area (Å²) < 4.78 is 0. The van der Waals surface area contributed by atoms with Gasteiger partial charge in [-0.1, -0.05) is 60.7 Å². The Morgan fingerprint density at radius 2 is 1.56 bits per heavy atom. The molecule has 0 radical (unpaired) electrons. The molecule has 0 amide bonds. The molecule has 0 bridgehead atoms. The van der Waals surface area contributed by atoms with Crippen LogP contribution in [0, 0.1) is 0 Å². The van der Waals surface area contributed by atoms with Crippen LogP contribution in [0.2, 0.25) is 0 Å². The van der Waals surface area contributed by atoms with Gasteiger partial charge in [0.2, 0.25) is 0 Å². The van der Waals surface area contributed by atoms with Gasteiger partial charge in [-0.3, -0.25) is 0 Å². The van der Waals surface area contributed by atoms with E-state index in [4.69, 9.17) is 0 Å². The first kappa shape index (κ1) is 13.3. The standard InChI is InChI=1S/C16H16S2/c17-11-15-8-4-7-14(16(15)12-18)10-9-13-5-2-1-3-6-13/h1-10,17-18H,11-12H2/b10-9+. The van der Waals surface area contributed by atoms with Crippen molar-refractivity contribution in [3.05, 3.63) is 70.8 Å². The zero-order valence-electron chi connectivity index (χ0n) is 10.1. The van der Waals surface area contributed by atoms with E-state index in [9.17, 15) is 0 Å². The fourth-order valence-corrected chi connectivity index (χ4v) is 2.58. The largest absolute Gasteiger partial charge is 0.175 e. The zero-order chi connectivity index (χ0) is 12.8. The Morgan fingerprint density at radius 1 is 0.778 bits per heavy atom. The lowest BCUT2D eigenvalue weighted by molar-refractivity contribution is 1.28. The molecule has 92 valence electrons. The Hall–Kier alpha value is -1.12. The number of rotatable bonds is 4. The van der Waals surface area contributed by atoms with Gasteiger partial charge in [0.25, 0.3) is 0 Å². The molecule has 0 heterocycles. The van der Waals surface area contributed by atoms with E-state index in [1.807, 2.05) is 18.2 Å². The van der Waals surface area contributed by atoms with Gasteiger partial charge in [0.05, 0.1) is 0 Å². The van der Waals surface area contributed by atoms with Gasteiger partial charge in [-0.2, -0.15) is 25.3 Å². The quantitative estimate of drug-likeness (QED) is 0.584. The highest BCUT2D eigenvalue weighted by atomic mass is 32.1. The summed E-state index contributed by atoms with van der Waals surface area (Å²) in [5.41, 5.74) is 4.95. The first-order chi connectivity index (χ1) is 8.85. The Labute approximate surface area is 120 Å². The molecule has 18 heavy (non-hydrogen) atoms. The van der Waals surface area contributed by atoms with Gasteiger partial charge in [-0.25, -0.2) is 0 Å². The summed E-state index contributed by atoms with van der Waals surface area (Å²) in [5, 5.41) is 0. The van der Waals surface area contributed by atoms with E-state index in [1.165, 1.54) is 22.3 Å². The van der Waals surface area contributed by atoms with Crippen LogP contribution in [0.1, 0.15) is 22.3 Å². The maximum absolute atomic E-state index is 4.42. The second kappa shape index (κ2) is 6.72. The third kappa shape index (κ3) is 3.21. The topological polar surface area (TPSA) is 0 Å². The van der Waals surface area contributed by atoms with E-state index in [-0.39, 0.29) is 0 Å². The molecule has 0 aliphatic heterocycles. The minimum Gasteiger partial charge on any atom is -0.175 e. The Balaban J connectivity index is 2.32. The van der Waals surface area contributed by atoms with Crippen molar-refractivity contribution in [2.75, 3.05) is 0 Å². The van der Waals surface area contributed by atoms with Gasteiger partial charge in [-0.05, 0) is 22.3 Å². The highest BCUT2D eigenvalue weighted by Crippen LogP contribution is 2.21. The van der Waals surface area contributed by atoms with Crippen molar-refractivity contribution in [1.82, 2.24) is 0 Å². The summed E-state index contributed by atoms with van der Waals surface area (Å²) in [5.74, 6) is 1.49. The smallest absolute Gasteiger partial charge is 0.0163 e. The average Bonchev–Trinajstić information content (AvgIpc) is 2.45. The van der Waals surface area contributed by atoms with Crippen molar-refractivity contribution in [1.29, 1.82) is 0 Å². The van der Waals surface area contributed by atoms with Crippen LogP contribution in [-0.2, 0) is 11.5 Å². The van der Waals surface area contributed by atoms with E-state index in [0.717, 1.165) is 11.5 Å². The summed E-state index contributed by atoms with van der Waals surface area (Å²) in [6, 6.07) is 16.6. The first-order valence-electron chi connectivity index (χ1n) is 5.90. The second-order valence-corrected chi connectivity index (χ2v) is 4.68. The van der Waals surface area contributed by atoms with Crippen LogP contribution in [0.15, 0.2) is 48.5 Å². The van der Waals surface area contributed by atoms with Crippen LogP contribution in [0.5, 0.6) is 0 Å². The molecule has 0 N–H and O–H groups in total. The second-order valence-electron chi connectivity index (χ2n) is 4.05. The number of thiol groups is 2. The summed E-state index contributed by atoms with van der Waals surface area (Å²) in [6.07, 6.45) is 4.28. The Kier molecular flexibility index (Phi) is 4.97. The highest BCUT2D eigenvalue weighted by molar-refractivity contribution is 7.79. The van der Waals surface area contributed by atoms with Gasteiger partial charge in [0, 0.05) is 11.5 Å². The zero-order valence-corrected chi connectivity index (χ0v) is 11.9. The predicted molar refractivity (Wildman–Crippen MR) is 87.2 cm³/mol. The molecule has 0 nitrogen and oxygen atoms in total. The fraction of sp³-hybridized carbons (Fsp3) is 0.125. The van der Waals surface area contributed by atoms with Gasteiger partial charge in [0.15, 0.2) is 0 Å². The number of hydrogen-bond acceptors (Lipinski definition) is 2. The predicted octanol–water partition coefficient (Wildman–Crippen LogP) is 4.72. The summed E-state index contributed by atoms with van der Waals surface area (Å²) in [6.45, 7) is 0. The van der Waals surface area contributed by atoms with E-state index in [2.05, 4.69) is 67.7 Å². The van der Waals surface area contributed by atoms with Crippen molar-refractivity contribution in [3.63, 3.8) is 0 Å². The highest BCUT2D eigenvalue weighted by Gasteiger charge is 2.03. The third-order valence-corrected chi connectivity index (χ3v) is 3.55. The molecule has 0 aromatic heterocycles. The fourth-order valence-electron chi connectivity index (χ4n) is 1.90. The minimum absolute atomic E-state index is 0.741. The molecule has 2 aromatic rings. The van der Waals surface area contributed by atoms with Crippen LogP contribution >= 0.6 is 25.3 Å². The molecule has 0 aliphatic carbocycles. The van der Waals surface area contributed by atoms with Gasteiger partial charge in [-0.15, -0.1) is 0 Å². The van der Waals surface area contributed by atoms with Crippen LogP contribution in [0.3, 0.4) is 0 Å². The van der Waals surface area contributed by atoms with E-state index in [0.29, 0.717) is 0 Å². The normalized spacial score (nSPS) is 11.0. The van der Waals surface area contributed by atoms with Crippen LogP contribution < -0.4 is 0 Å². The maximum atomic E-state index is 4.42. The molecule has 2 rings (SSSR count). The average molecular weight is 272 g/mol. The van der Waals surface area contributed by atoms with Gasteiger partial charge in [0.1, 0.15) is 0 Å². The molecule has 0 saturated carbocycles. The van der Waals surface area contributed by atoms with Crippen molar-refractivity contribution < 1.29 is 0 Å². The lowest BCUT2D eigenvalue weighted by atomic mass is 10.0. The van der Waals surface area contributed by atoms with Gasteiger partial charge < -0.3 is 0 Å². The van der Waals surface area contributed by atoms with E-state index < -0.39 is 0 Å². The maximum Gasteiger partial charge on any atom is 0.0163 e. The third-order valence-electron chi connectivity index (χ3n) is 2.89. The van der Waals surface area contributed by atoms with Gasteiger partial charge >= 0.3 is 0 Å². The Bertz CT molecular complexity index is 530. The number of benzene rings is 2. The molecular formula is C16H16S2. The Morgan fingerprint density at radius 3 is 2.22 bits per heavy atom. The summed E-state index contributed by atoms with van der Waals surface area (Å²) in [4.78, 5) is 0. The minimum atomic E-state index is 0.741. The SMILES string of the molecule is SCc1cccc(/C=C/c2ccccc2)c1CS. The van der Waals surface area contributed by atoms with Crippen molar-refractivity contribution in [2.45, 2.75) is 11.5 Å². The molecule has 2 aromatic carbocycles. The molecule has 0 unspecified atom stereocenters. The molecule has 0 aliphatic rings.